The molecule has 21 nitrogen and oxygen atoms in total. The van der Waals surface area contributed by atoms with Crippen LogP contribution in [0.15, 0.2) is 91.1 Å². The van der Waals surface area contributed by atoms with Crippen LogP contribution in [0.2, 0.25) is 0 Å². The van der Waals surface area contributed by atoms with E-state index in [0.717, 1.165) is 32.7 Å². The number of carbonyl (C=O) groups is 1. The van der Waals surface area contributed by atoms with Gasteiger partial charge in [0.15, 0.2) is 0 Å². The molecule has 6 heterocycles. The zero-order chi connectivity index (χ0) is 48.4. The first-order valence-corrected chi connectivity index (χ1v) is 22.9. The minimum absolute atomic E-state index is 0. The van der Waals surface area contributed by atoms with E-state index in [9.17, 15) is 4.79 Å². The van der Waals surface area contributed by atoms with Gasteiger partial charge in [0.1, 0.15) is 37.0 Å². The number of fused-ring (bicyclic) bond motifs is 20. The maximum Gasteiger partial charge on any atom is 2.00 e. The third-order valence-corrected chi connectivity index (χ3v) is 11.1. The maximum absolute atomic E-state index is 10.9. The van der Waals surface area contributed by atoms with Gasteiger partial charge >= 0.3 is 25.4 Å². The van der Waals surface area contributed by atoms with Gasteiger partial charge in [0.2, 0.25) is 0 Å². The van der Waals surface area contributed by atoms with Crippen molar-refractivity contribution in [2.24, 2.45) is 0 Å². The summed E-state index contributed by atoms with van der Waals surface area (Å²) >= 11 is 0. The Morgan fingerprint density at radius 1 is 0.514 bits per heavy atom. The molecular weight excluding hydrogens is 980 g/mol. The summed E-state index contributed by atoms with van der Waals surface area (Å²) in [5.41, 5.74) is 4.95. The maximum atomic E-state index is 10.9. The van der Waals surface area contributed by atoms with Crippen LogP contribution in [0, 0.1) is 0 Å². The minimum atomic E-state index is -1.00. The molecule has 2 aliphatic heterocycles. The number of methoxy groups -OCH3 is 1. The molecule has 364 valence electrons. The molecule has 0 unspecified atom stereocenters. The van der Waals surface area contributed by atoms with Crippen molar-refractivity contribution in [1.82, 2.24) is 54.9 Å². The van der Waals surface area contributed by atoms with Crippen LogP contribution in [0.5, 0.6) is 11.5 Å². The number of aromatic nitrogens is 11. The van der Waals surface area contributed by atoms with Gasteiger partial charge in [0.25, 0.3) is 0 Å². The second-order valence-electron chi connectivity index (χ2n) is 15.9. The molecule has 1 N–H and O–H groups in total. The molecule has 0 fully saturated rings. The molecule has 4 aromatic carbocycles. The molecule has 0 saturated heterocycles. The molecule has 8 aromatic rings. The fourth-order valence-corrected chi connectivity index (χ4v) is 7.94. The van der Waals surface area contributed by atoms with Crippen LogP contribution in [0.25, 0.3) is 89.7 Å². The van der Waals surface area contributed by atoms with Gasteiger partial charge < -0.3 is 72.9 Å². The third kappa shape index (κ3) is 11.5. The number of hydrogen-bond acceptors (Lipinski definition) is 17. The SMILES string of the molecule is COCCOCCOCCOc1ccc(OCCOCCOCCOCc2cn(CC(=O)O)nn2)c2c1-c1nc-2nc2[n-]c(nc3nc(nc4[n-]c(n1)c1ccccc41)-c1ccccc1-3)c1ccccc21.[Zn+2]. The molecule has 0 spiro atoms. The third-order valence-electron chi connectivity index (χ3n) is 11.1. The number of aliphatic carboxylic acids is 1. The summed E-state index contributed by atoms with van der Waals surface area (Å²) < 4.78 is 47.7. The number of carboxylic acids is 1. The molecule has 22 heteroatoms. The summed E-state index contributed by atoms with van der Waals surface area (Å²) in [5.74, 6) is 1.49. The zero-order valence-electron chi connectivity index (χ0n) is 39.3. The molecule has 0 atom stereocenters. The van der Waals surface area contributed by atoms with Gasteiger partial charge in [0.05, 0.1) is 113 Å². The van der Waals surface area contributed by atoms with Crippen LogP contribution in [-0.4, -0.2) is 142 Å². The first-order valence-electron chi connectivity index (χ1n) is 22.9. The van der Waals surface area contributed by atoms with Gasteiger partial charge in [-0.3, -0.25) is 4.79 Å². The van der Waals surface area contributed by atoms with Gasteiger partial charge in [-0.1, -0.05) is 78.0 Å². The Morgan fingerprint density at radius 3 is 1.38 bits per heavy atom. The monoisotopic (exact) mass is 1030 g/mol. The number of ether oxygens (including phenoxy) is 8. The fraction of sp³-hybridized carbons (Fsp3) is 0.300. The van der Waals surface area contributed by atoms with Crippen LogP contribution in [-0.2, 0) is 65.8 Å². The molecule has 8 bridgehead atoms. The predicted octanol–water partition coefficient (Wildman–Crippen LogP) is 5.49. The van der Waals surface area contributed by atoms with Crippen LogP contribution < -0.4 is 19.4 Å². The smallest absolute Gasteiger partial charge is 0.490 e. The van der Waals surface area contributed by atoms with E-state index in [2.05, 4.69) is 10.3 Å². The average molecular weight is 1030 g/mol. The van der Waals surface area contributed by atoms with Crippen LogP contribution in [0.3, 0.4) is 0 Å². The Balaban J connectivity index is 0.00000640. The molecule has 0 saturated carbocycles. The van der Waals surface area contributed by atoms with E-state index in [0.29, 0.717) is 134 Å². The molecule has 10 rings (SSSR count). The van der Waals surface area contributed by atoms with Crippen LogP contribution in [0.1, 0.15) is 5.69 Å². The topological polar surface area (TPSA) is 247 Å². The summed E-state index contributed by atoms with van der Waals surface area (Å²) in [6.07, 6.45) is 1.53. The number of hydrogen-bond donors (Lipinski definition) is 1. The standard InChI is InChI=1S/C50H48N11O10.Zn/c1-64-16-17-65-18-20-67-24-26-70-38-14-15-39(71-27-25-68-21-19-66-22-23-69-30-31-28-61(60-59-31)29-40(62)63)42-41(38)49-56-47-36-12-6-4-10-34(36)45(54-47)52-43-32-8-2-3-9-33(32)44(51-43)53-46-35-11-5-7-13-37(35)48(55-46)57-50(42)58-49;/h2-15,28H,16-27,29-30H2,1H3,(H2-,51,52,53,54,55,56,57,58,59,60,62,63);/q-1;+2/p-1. The Kier molecular flexibility index (Phi) is 16.5. The van der Waals surface area contributed by atoms with Crippen molar-refractivity contribution in [2.45, 2.75) is 13.2 Å². The number of rotatable bonds is 24. The second kappa shape index (κ2) is 23.8. The number of benzene rings is 4. The van der Waals surface area contributed by atoms with E-state index in [-0.39, 0.29) is 52.5 Å². The van der Waals surface area contributed by atoms with E-state index in [1.807, 2.05) is 84.9 Å². The molecule has 0 radical (unpaired) electrons. The quantitative estimate of drug-likeness (QED) is 0.0581. The molecule has 2 aliphatic rings. The first kappa shape index (κ1) is 49.8. The molecule has 72 heavy (non-hydrogen) atoms. The largest absolute Gasteiger partial charge is 2.00 e. The molecule has 4 aromatic heterocycles. The van der Waals surface area contributed by atoms with E-state index < -0.39 is 5.97 Å². The second-order valence-corrected chi connectivity index (χ2v) is 15.9. The Morgan fingerprint density at radius 2 is 0.917 bits per heavy atom. The Labute approximate surface area is 424 Å². The summed E-state index contributed by atoms with van der Waals surface area (Å²) in [7, 11) is 1.63. The predicted molar refractivity (Wildman–Crippen MR) is 257 cm³/mol. The number of nitrogens with zero attached hydrogens (tertiary/aromatic N) is 11. The molecule has 0 amide bonds. The fourth-order valence-electron chi connectivity index (χ4n) is 7.94. The van der Waals surface area contributed by atoms with Gasteiger partial charge in [-0.25, -0.2) is 14.6 Å². The van der Waals surface area contributed by atoms with Crippen molar-refractivity contribution in [2.75, 3.05) is 86.4 Å². The van der Waals surface area contributed by atoms with Crippen LogP contribution >= 0.6 is 0 Å². The molecular formula is C50H47N11O10Zn. The molecule has 0 aliphatic carbocycles. The minimum Gasteiger partial charge on any atom is -0.490 e. The van der Waals surface area contributed by atoms with Crippen molar-refractivity contribution >= 4 is 50.1 Å². The van der Waals surface area contributed by atoms with Crippen molar-refractivity contribution in [1.29, 1.82) is 0 Å². The van der Waals surface area contributed by atoms with Gasteiger partial charge in [-0.15, -0.1) is 5.10 Å². The van der Waals surface area contributed by atoms with Gasteiger partial charge in [0, 0.05) is 40.8 Å². The summed E-state index contributed by atoms with van der Waals surface area (Å²) in [6.45, 7) is 3.92. The zero-order valence-corrected chi connectivity index (χ0v) is 42.3. The summed E-state index contributed by atoms with van der Waals surface area (Å²) in [5, 5.41) is 19.7. The van der Waals surface area contributed by atoms with Gasteiger partial charge in [-0.2, -0.15) is 0 Å². The summed E-state index contributed by atoms with van der Waals surface area (Å²) in [4.78, 5) is 51.3. The van der Waals surface area contributed by atoms with E-state index in [4.69, 9.17) is 82.9 Å². The summed E-state index contributed by atoms with van der Waals surface area (Å²) in [6, 6.07) is 27.0. The Hall–Kier alpha value is -7.17. The van der Waals surface area contributed by atoms with Crippen molar-refractivity contribution in [3.05, 3.63) is 96.8 Å². The number of carboxylic acid groups (broad SMARTS) is 1. The van der Waals surface area contributed by atoms with Crippen molar-refractivity contribution < 1.29 is 67.3 Å². The van der Waals surface area contributed by atoms with E-state index in [1.54, 1.807) is 7.11 Å². The Bertz CT molecular complexity index is 3350. The van der Waals surface area contributed by atoms with Crippen LogP contribution in [0.4, 0.5) is 0 Å². The first-order chi connectivity index (χ1) is 35.0. The normalized spacial score (nSPS) is 11.7. The van der Waals surface area contributed by atoms with Crippen molar-refractivity contribution in [3.63, 3.8) is 0 Å². The van der Waals surface area contributed by atoms with Gasteiger partial charge in [-0.05, 0) is 33.7 Å². The van der Waals surface area contributed by atoms with Crippen molar-refractivity contribution in [3.8, 4) is 57.1 Å². The average Bonchev–Trinajstić information content (AvgIpc) is 4.21. The van der Waals surface area contributed by atoms with E-state index in [1.165, 1.54) is 10.9 Å². The van der Waals surface area contributed by atoms with E-state index >= 15 is 0 Å².